The number of hydrogen-bond donors (Lipinski definition) is 0. The van der Waals surface area contributed by atoms with Gasteiger partial charge in [0.25, 0.3) is 0 Å². The topological polar surface area (TPSA) is 56.7 Å². The maximum Gasteiger partial charge on any atom is 0.226 e. The van der Waals surface area contributed by atoms with Gasteiger partial charge in [-0.1, -0.05) is 48.2 Å². The summed E-state index contributed by atoms with van der Waals surface area (Å²) in [6.45, 7) is 6.02. The van der Waals surface area contributed by atoms with Gasteiger partial charge in [-0.15, -0.1) is 10.2 Å². The molecule has 0 fully saturated rings. The molecular formula is C21H20N4OS. The van der Waals surface area contributed by atoms with Crippen LogP contribution in [0.15, 0.2) is 64.2 Å². The van der Waals surface area contributed by atoms with Gasteiger partial charge in [0.2, 0.25) is 5.89 Å². The second-order valence-corrected chi connectivity index (χ2v) is 7.27. The van der Waals surface area contributed by atoms with Crippen LogP contribution in [0.4, 0.5) is 0 Å². The molecule has 0 bridgehead atoms. The molecule has 136 valence electrons. The number of rotatable bonds is 5. The average Bonchev–Trinajstić information content (AvgIpc) is 3.24. The summed E-state index contributed by atoms with van der Waals surface area (Å²) in [5.41, 5.74) is 4.20. The maximum absolute atomic E-state index is 5.86. The summed E-state index contributed by atoms with van der Waals surface area (Å²) in [4.78, 5) is 4.68. The van der Waals surface area contributed by atoms with Crippen molar-refractivity contribution in [2.75, 3.05) is 0 Å². The zero-order chi connectivity index (χ0) is 18.8. The molecule has 4 aromatic rings. The summed E-state index contributed by atoms with van der Waals surface area (Å²) in [5, 5.41) is 9.48. The zero-order valence-corrected chi connectivity index (χ0v) is 16.3. The number of aromatic nitrogens is 4. The summed E-state index contributed by atoms with van der Waals surface area (Å²) in [6, 6.07) is 18.2. The molecule has 0 atom stereocenters. The summed E-state index contributed by atoms with van der Waals surface area (Å²) in [5.74, 6) is 3.03. The van der Waals surface area contributed by atoms with E-state index in [1.54, 1.807) is 11.8 Å². The van der Waals surface area contributed by atoms with Crippen molar-refractivity contribution in [3.05, 3.63) is 77.4 Å². The van der Waals surface area contributed by atoms with Crippen LogP contribution in [0, 0.1) is 20.8 Å². The van der Waals surface area contributed by atoms with E-state index < -0.39 is 0 Å². The van der Waals surface area contributed by atoms with E-state index in [-0.39, 0.29) is 0 Å². The first-order chi connectivity index (χ1) is 13.1. The van der Waals surface area contributed by atoms with Crippen LogP contribution in [0.25, 0.3) is 17.1 Å². The molecule has 2 aromatic heterocycles. The lowest BCUT2D eigenvalue weighted by molar-refractivity contribution is 0.540. The predicted octanol–water partition coefficient (Wildman–Crippen LogP) is 5.14. The first kappa shape index (κ1) is 17.5. The minimum absolute atomic E-state index is 0.653. The predicted molar refractivity (Wildman–Crippen MR) is 107 cm³/mol. The molecule has 5 nitrogen and oxygen atoms in total. The Morgan fingerprint density at radius 3 is 2.44 bits per heavy atom. The molecule has 0 aliphatic heterocycles. The molecular weight excluding hydrogens is 356 g/mol. The van der Waals surface area contributed by atoms with Crippen molar-refractivity contribution < 1.29 is 4.42 Å². The number of aryl methyl sites for hydroxylation is 3. The molecule has 6 heteroatoms. The Bertz CT molecular complexity index is 1070. The third-order valence-corrected chi connectivity index (χ3v) is 5.34. The quantitative estimate of drug-likeness (QED) is 0.451. The molecule has 2 aromatic carbocycles. The van der Waals surface area contributed by atoms with Crippen molar-refractivity contribution in [3.8, 4) is 17.1 Å². The summed E-state index contributed by atoms with van der Waals surface area (Å²) in [6.07, 6.45) is 0. The highest BCUT2D eigenvalue weighted by Gasteiger charge is 2.16. The van der Waals surface area contributed by atoms with E-state index in [4.69, 9.17) is 4.42 Å². The minimum atomic E-state index is 0.653. The van der Waals surface area contributed by atoms with Gasteiger partial charge in [0, 0.05) is 11.3 Å². The Morgan fingerprint density at radius 1 is 0.926 bits per heavy atom. The molecule has 0 saturated heterocycles. The first-order valence-electron chi connectivity index (χ1n) is 8.76. The molecule has 0 aliphatic carbocycles. The number of hydrogen-bond acceptors (Lipinski definition) is 5. The van der Waals surface area contributed by atoms with Crippen LogP contribution < -0.4 is 0 Å². The van der Waals surface area contributed by atoms with Crippen LogP contribution in [0.3, 0.4) is 0 Å². The third-order valence-electron chi connectivity index (χ3n) is 4.40. The fraction of sp³-hybridized carbons (Fsp3) is 0.190. The van der Waals surface area contributed by atoms with Gasteiger partial charge >= 0.3 is 0 Å². The molecule has 0 amide bonds. The largest absolute Gasteiger partial charge is 0.441 e. The summed E-state index contributed by atoms with van der Waals surface area (Å²) >= 11 is 1.61. The summed E-state index contributed by atoms with van der Waals surface area (Å²) in [7, 11) is 0. The van der Waals surface area contributed by atoms with E-state index in [2.05, 4.69) is 38.8 Å². The average molecular weight is 376 g/mol. The third kappa shape index (κ3) is 3.53. The van der Waals surface area contributed by atoms with Crippen LogP contribution in [0.2, 0.25) is 0 Å². The van der Waals surface area contributed by atoms with Crippen molar-refractivity contribution in [3.63, 3.8) is 0 Å². The van der Waals surface area contributed by atoms with Gasteiger partial charge < -0.3 is 4.42 Å². The van der Waals surface area contributed by atoms with E-state index >= 15 is 0 Å². The second kappa shape index (κ2) is 7.40. The molecule has 0 unspecified atom stereocenters. The van der Waals surface area contributed by atoms with Crippen LogP contribution >= 0.6 is 11.8 Å². The normalized spacial score (nSPS) is 11.1. The van der Waals surface area contributed by atoms with Crippen LogP contribution in [0.1, 0.15) is 22.8 Å². The molecule has 0 N–H and O–H groups in total. The van der Waals surface area contributed by atoms with E-state index in [1.165, 1.54) is 5.56 Å². The molecule has 27 heavy (non-hydrogen) atoms. The van der Waals surface area contributed by atoms with Crippen molar-refractivity contribution in [2.45, 2.75) is 31.7 Å². The monoisotopic (exact) mass is 376 g/mol. The standard InChI is InChI=1S/C21H20N4OS/c1-14-9-7-8-12-19(14)25-16(3)23-24-21(25)27-13-18-15(2)26-20(22-18)17-10-5-4-6-11-17/h4-12H,13H2,1-3H3. The van der Waals surface area contributed by atoms with Crippen LogP contribution in [0.5, 0.6) is 0 Å². The van der Waals surface area contributed by atoms with E-state index in [9.17, 15) is 0 Å². The highest BCUT2D eigenvalue weighted by molar-refractivity contribution is 7.98. The lowest BCUT2D eigenvalue weighted by Crippen LogP contribution is -2.01. The van der Waals surface area contributed by atoms with Crippen molar-refractivity contribution in [1.82, 2.24) is 19.7 Å². The van der Waals surface area contributed by atoms with Gasteiger partial charge in [0.05, 0.1) is 11.4 Å². The van der Waals surface area contributed by atoms with Crippen molar-refractivity contribution in [1.29, 1.82) is 0 Å². The maximum atomic E-state index is 5.86. The van der Waals surface area contributed by atoms with Gasteiger partial charge in [-0.3, -0.25) is 4.57 Å². The Labute approximate surface area is 162 Å². The summed E-state index contributed by atoms with van der Waals surface area (Å²) < 4.78 is 7.95. The van der Waals surface area contributed by atoms with Gasteiger partial charge in [-0.2, -0.15) is 0 Å². The minimum Gasteiger partial charge on any atom is -0.441 e. The Morgan fingerprint density at radius 2 is 1.67 bits per heavy atom. The number of nitrogens with zero attached hydrogens (tertiary/aromatic N) is 4. The smallest absolute Gasteiger partial charge is 0.226 e. The highest BCUT2D eigenvalue weighted by atomic mass is 32.2. The molecule has 0 saturated carbocycles. The number of oxazole rings is 1. The number of benzene rings is 2. The van der Waals surface area contributed by atoms with Gasteiger partial charge in [0.1, 0.15) is 11.6 Å². The lowest BCUT2D eigenvalue weighted by Gasteiger charge is -2.10. The van der Waals surface area contributed by atoms with Crippen molar-refractivity contribution >= 4 is 11.8 Å². The van der Waals surface area contributed by atoms with Gasteiger partial charge in [-0.25, -0.2) is 4.98 Å². The van der Waals surface area contributed by atoms with Gasteiger partial charge in [-0.05, 0) is 44.5 Å². The van der Waals surface area contributed by atoms with E-state index in [0.29, 0.717) is 11.6 Å². The Balaban J connectivity index is 1.59. The van der Waals surface area contributed by atoms with E-state index in [0.717, 1.165) is 33.7 Å². The lowest BCUT2D eigenvalue weighted by atomic mass is 10.2. The second-order valence-electron chi connectivity index (χ2n) is 6.33. The number of para-hydroxylation sites is 1. The van der Waals surface area contributed by atoms with E-state index in [1.807, 2.05) is 56.3 Å². The SMILES string of the molecule is Cc1ccccc1-n1c(C)nnc1SCc1nc(-c2ccccc2)oc1C. The zero-order valence-electron chi connectivity index (χ0n) is 15.5. The van der Waals surface area contributed by atoms with Crippen LogP contribution in [-0.4, -0.2) is 19.7 Å². The van der Waals surface area contributed by atoms with Crippen LogP contribution in [-0.2, 0) is 5.75 Å². The molecule has 4 rings (SSSR count). The molecule has 0 spiro atoms. The Hall–Kier alpha value is -2.86. The fourth-order valence-corrected chi connectivity index (χ4v) is 3.92. The fourth-order valence-electron chi connectivity index (χ4n) is 2.93. The van der Waals surface area contributed by atoms with Gasteiger partial charge in [0.15, 0.2) is 5.16 Å². The molecule has 0 aliphatic rings. The van der Waals surface area contributed by atoms with Crippen molar-refractivity contribution in [2.24, 2.45) is 0 Å². The molecule has 2 heterocycles. The molecule has 0 radical (unpaired) electrons. The first-order valence-corrected chi connectivity index (χ1v) is 9.74. The number of thioether (sulfide) groups is 1. The highest BCUT2D eigenvalue weighted by Crippen LogP contribution is 2.29. The Kier molecular flexibility index (Phi) is 4.81.